The standard InChI is InChI=1S/C11H14N2O5S/c14-9(15)5-8(10(16)17)13-11(18)12-3-1-7-2-4-19-6-7/h2,4,6,8H,1,3,5H2,(H,14,15)(H,16,17)(H2,12,13,18)/t8-/m0/s1. The van der Waals surface area contributed by atoms with Gasteiger partial charge < -0.3 is 20.8 Å². The van der Waals surface area contributed by atoms with Crippen LogP contribution in [0.25, 0.3) is 0 Å². The largest absolute Gasteiger partial charge is 0.481 e. The quantitative estimate of drug-likeness (QED) is 0.583. The number of carboxylic acid groups (broad SMARTS) is 2. The van der Waals surface area contributed by atoms with Crippen molar-refractivity contribution in [2.45, 2.75) is 18.9 Å². The molecule has 0 saturated heterocycles. The van der Waals surface area contributed by atoms with Crippen molar-refractivity contribution in [1.29, 1.82) is 0 Å². The summed E-state index contributed by atoms with van der Waals surface area (Å²) < 4.78 is 0. The van der Waals surface area contributed by atoms with Gasteiger partial charge in [0.2, 0.25) is 0 Å². The highest BCUT2D eigenvalue weighted by Gasteiger charge is 2.22. The summed E-state index contributed by atoms with van der Waals surface area (Å²) in [6, 6.07) is -0.197. The lowest BCUT2D eigenvalue weighted by atomic mass is 10.2. The molecule has 1 aromatic rings. The van der Waals surface area contributed by atoms with Crippen molar-refractivity contribution < 1.29 is 24.6 Å². The van der Waals surface area contributed by atoms with E-state index in [4.69, 9.17) is 10.2 Å². The predicted octanol–water partition coefficient (Wildman–Crippen LogP) is 0.518. The normalized spacial score (nSPS) is 11.6. The van der Waals surface area contributed by atoms with E-state index in [2.05, 4.69) is 10.6 Å². The molecule has 8 heteroatoms. The second-order valence-corrected chi connectivity index (χ2v) is 4.55. The van der Waals surface area contributed by atoms with Crippen LogP contribution < -0.4 is 10.6 Å². The summed E-state index contributed by atoms with van der Waals surface area (Å²) in [5, 5.41) is 25.7. The summed E-state index contributed by atoms with van der Waals surface area (Å²) in [5.41, 5.74) is 1.07. The Morgan fingerprint density at radius 1 is 1.32 bits per heavy atom. The third-order valence-electron chi connectivity index (χ3n) is 2.26. The summed E-state index contributed by atoms with van der Waals surface area (Å²) in [6.45, 7) is 0.349. The molecule has 2 amide bonds. The average Bonchev–Trinajstić information content (AvgIpc) is 2.80. The number of amides is 2. The Morgan fingerprint density at radius 2 is 2.05 bits per heavy atom. The molecule has 104 valence electrons. The number of hydrogen-bond acceptors (Lipinski definition) is 4. The molecule has 0 aliphatic heterocycles. The van der Waals surface area contributed by atoms with E-state index in [0.29, 0.717) is 13.0 Å². The topological polar surface area (TPSA) is 116 Å². The van der Waals surface area contributed by atoms with Gasteiger partial charge in [0.15, 0.2) is 0 Å². The van der Waals surface area contributed by atoms with E-state index < -0.39 is 30.4 Å². The van der Waals surface area contributed by atoms with E-state index in [0.717, 1.165) is 5.56 Å². The Kier molecular flexibility index (Phi) is 5.80. The first kappa shape index (κ1) is 15.0. The second kappa shape index (κ2) is 7.37. The lowest BCUT2D eigenvalue weighted by Crippen LogP contribution is -2.47. The molecule has 1 heterocycles. The van der Waals surface area contributed by atoms with E-state index >= 15 is 0 Å². The minimum atomic E-state index is -1.43. The fourth-order valence-corrected chi connectivity index (χ4v) is 2.04. The second-order valence-electron chi connectivity index (χ2n) is 3.77. The fourth-order valence-electron chi connectivity index (χ4n) is 1.34. The number of rotatable bonds is 7. The lowest BCUT2D eigenvalue weighted by molar-refractivity contribution is -0.145. The van der Waals surface area contributed by atoms with Gasteiger partial charge in [0.05, 0.1) is 6.42 Å². The molecule has 0 unspecified atom stereocenters. The van der Waals surface area contributed by atoms with Gasteiger partial charge in [-0.15, -0.1) is 0 Å². The van der Waals surface area contributed by atoms with Gasteiger partial charge in [0.25, 0.3) is 0 Å². The SMILES string of the molecule is O=C(O)C[C@H](NC(=O)NCCc1ccsc1)C(=O)O. The van der Waals surface area contributed by atoms with Crippen molar-refractivity contribution in [2.75, 3.05) is 6.54 Å². The molecule has 0 spiro atoms. The first-order valence-electron chi connectivity index (χ1n) is 5.49. The molecular weight excluding hydrogens is 272 g/mol. The zero-order valence-electron chi connectivity index (χ0n) is 9.96. The molecule has 4 N–H and O–H groups in total. The van der Waals surface area contributed by atoms with Crippen molar-refractivity contribution in [1.82, 2.24) is 10.6 Å². The summed E-state index contributed by atoms with van der Waals surface area (Å²) in [4.78, 5) is 32.5. The van der Waals surface area contributed by atoms with Gasteiger partial charge >= 0.3 is 18.0 Å². The Bertz CT molecular complexity index is 446. The molecular formula is C11H14N2O5S. The van der Waals surface area contributed by atoms with E-state index in [1.807, 2.05) is 16.8 Å². The van der Waals surface area contributed by atoms with Crippen molar-refractivity contribution in [3.8, 4) is 0 Å². The van der Waals surface area contributed by atoms with Crippen molar-refractivity contribution in [3.63, 3.8) is 0 Å². The third-order valence-corrected chi connectivity index (χ3v) is 2.99. The fraction of sp³-hybridized carbons (Fsp3) is 0.364. The Morgan fingerprint density at radius 3 is 2.58 bits per heavy atom. The van der Waals surface area contributed by atoms with E-state index in [1.54, 1.807) is 11.3 Å². The molecule has 1 aromatic heterocycles. The molecule has 19 heavy (non-hydrogen) atoms. The van der Waals surface area contributed by atoms with Gasteiger partial charge in [-0.2, -0.15) is 11.3 Å². The van der Waals surface area contributed by atoms with E-state index in [9.17, 15) is 14.4 Å². The number of thiophene rings is 1. The predicted molar refractivity (Wildman–Crippen MR) is 68.2 cm³/mol. The zero-order valence-corrected chi connectivity index (χ0v) is 10.8. The van der Waals surface area contributed by atoms with Crippen LogP contribution in [0.4, 0.5) is 4.79 Å². The Labute approximate surface area is 113 Å². The molecule has 1 rings (SSSR count). The number of urea groups is 1. The maximum Gasteiger partial charge on any atom is 0.326 e. The van der Waals surface area contributed by atoms with Crippen molar-refractivity contribution >= 4 is 29.3 Å². The van der Waals surface area contributed by atoms with Crippen LogP contribution in [0.2, 0.25) is 0 Å². The Balaban J connectivity index is 2.32. The highest BCUT2D eigenvalue weighted by molar-refractivity contribution is 7.07. The molecule has 0 aliphatic carbocycles. The highest BCUT2D eigenvalue weighted by Crippen LogP contribution is 2.05. The van der Waals surface area contributed by atoms with Gasteiger partial charge in [0, 0.05) is 6.54 Å². The van der Waals surface area contributed by atoms with Crippen LogP contribution in [0, 0.1) is 0 Å². The maximum absolute atomic E-state index is 11.4. The molecule has 0 aliphatic rings. The van der Waals surface area contributed by atoms with Gasteiger partial charge in [-0.1, -0.05) is 0 Å². The number of aliphatic carboxylic acids is 2. The number of hydrogen-bond donors (Lipinski definition) is 4. The average molecular weight is 286 g/mol. The van der Waals surface area contributed by atoms with Crippen molar-refractivity contribution in [3.05, 3.63) is 22.4 Å². The number of carbonyl (C=O) groups excluding carboxylic acids is 1. The first-order chi connectivity index (χ1) is 8.99. The van der Waals surface area contributed by atoms with Gasteiger partial charge in [0.1, 0.15) is 6.04 Å². The number of carboxylic acids is 2. The van der Waals surface area contributed by atoms with Crippen LogP contribution in [0.15, 0.2) is 16.8 Å². The molecule has 1 atom stereocenters. The molecule has 0 aromatic carbocycles. The number of carbonyl (C=O) groups is 3. The summed E-state index contributed by atoms with van der Waals surface area (Å²) in [7, 11) is 0. The van der Waals surface area contributed by atoms with Gasteiger partial charge in [-0.05, 0) is 28.8 Å². The van der Waals surface area contributed by atoms with E-state index in [-0.39, 0.29) is 0 Å². The van der Waals surface area contributed by atoms with Crippen LogP contribution in [-0.4, -0.2) is 40.8 Å². The monoisotopic (exact) mass is 286 g/mol. The minimum Gasteiger partial charge on any atom is -0.481 e. The molecule has 0 bridgehead atoms. The van der Waals surface area contributed by atoms with Crippen molar-refractivity contribution in [2.24, 2.45) is 0 Å². The third kappa shape index (κ3) is 5.87. The lowest BCUT2D eigenvalue weighted by Gasteiger charge is -2.13. The van der Waals surface area contributed by atoms with Crippen LogP contribution >= 0.6 is 11.3 Å². The van der Waals surface area contributed by atoms with Gasteiger partial charge in [-0.25, -0.2) is 9.59 Å². The highest BCUT2D eigenvalue weighted by atomic mass is 32.1. The maximum atomic E-state index is 11.4. The smallest absolute Gasteiger partial charge is 0.326 e. The number of nitrogens with one attached hydrogen (secondary N) is 2. The molecule has 0 saturated carbocycles. The Hall–Kier alpha value is -2.09. The minimum absolute atomic E-state index is 0.349. The summed E-state index contributed by atoms with van der Waals surface area (Å²) in [5.74, 6) is -2.67. The van der Waals surface area contributed by atoms with Crippen LogP contribution in [0.1, 0.15) is 12.0 Å². The molecule has 0 fully saturated rings. The first-order valence-corrected chi connectivity index (χ1v) is 6.43. The van der Waals surface area contributed by atoms with Crippen LogP contribution in [-0.2, 0) is 16.0 Å². The van der Waals surface area contributed by atoms with Gasteiger partial charge in [-0.3, -0.25) is 4.79 Å². The molecule has 0 radical (unpaired) electrons. The van der Waals surface area contributed by atoms with Crippen LogP contribution in [0.3, 0.4) is 0 Å². The zero-order chi connectivity index (χ0) is 14.3. The molecule has 7 nitrogen and oxygen atoms in total. The summed E-state index contributed by atoms with van der Waals surface area (Å²) in [6.07, 6.45) is -0.0269. The summed E-state index contributed by atoms with van der Waals surface area (Å²) >= 11 is 1.55. The van der Waals surface area contributed by atoms with E-state index in [1.165, 1.54) is 0 Å². The van der Waals surface area contributed by atoms with Crippen LogP contribution in [0.5, 0.6) is 0 Å².